The Hall–Kier alpha value is -1.40. The molecule has 1 N–H and O–H groups in total. The van der Waals surface area contributed by atoms with E-state index in [9.17, 15) is 5.11 Å². The number of anilines is 2. The number of aromatic nitrogens is 2. The quantitative estimate of drug-likeness (QED) is 0.851. The van der Waals surface area contributed by atoms with Crippen LogP contribution >= 0.6 is 0 Å². The van der Waals surface area contributed by atoms with Crippen LogP contribution in [0.5, 0.6) is 0 Å². The van der Waals surface area contributed by atoms with Crippen LogP contribution in [-0.2, 0) is 4.74 Å². The maximum atomic E-state index is 10.1. The number of hydrogen-bond acceptors (Lipinski definition) is 6. The Bertz CT molecular complexity index is 589. The summed E-state index contributed by atoms with van der Waals surface area (Å²) in [5, 5.41) is 10.1. The molecule has 0 unspecified atom stereocenters. The summed E-state index contributed by atoms with van der Waals surface area (Å²) in [4.78, 5) is 14.3. The minimum absolute atomic E-state index is 0.0899. The molecule has 2 aliphatic heterocycles. The molecule has 6 nitrogen and oxygen atoms in total. The Morgan fingerprint density at radius 2 is 1.80 bits per heavy atom. The van der Waals surface area contributed by atoms with Gasteiger partial charge in [-0.15, -0.1) is 0 Å². The van der Waals surface area contributed by atoms with Gasteiger partial charge in [0.25, 0.3) is 0 Å². The average Bonchev–Trinajstić information content (AvgIpc) is 3.17. The number of nitrogens with zero attached hydrogens (tertiary/aromatic N) is 4. The van der Waals surface area contributed by atoms with Crippen molar-refractivity contribution in [3.05, 3.63) is 11.3 Å². The third-order valence-corrected chi connectivity index (χ3v) is 5.87. The Kier molecular flexibility index (Phi) is 5.79. The molecule has 0 spiro atoms. The lowest BCUT2D eigenvalue weighted by Gasteiger charge is -2.43. The third kappa shape index (κ3) is 3.90. The maximum absolute atomic E-state index is 10.1. The molecule has 2 aliphatic rings. The van der Waals surface area contributed by atoms with Crippen molar-refractivity contribution in [2.45, 2.75) is 46.0 Å². The first-order valence-electron chi connectivity index (χ1n) is 9.53. The van der Waals surface area contributed by atoms with Gasteiger partial charge in [-0.2, -0.15) is 4.98 Å². The lowest BCUT2D eigenvalue weighted by Crippen LogP contribution is -2.46. The summed E-state index contributed by atoms with van der Waals surface area (Å²) in [7, 11) is 1.73. The Balaban J connectivity index is 1.86. The number of aryl methyl sites for hydroxylation is 1. The summed E-state index contributed by atoms with van der Waals surface area (Å²) in [6.07, 6.45) is 5.45. The van der Waals surface area contributed by atoms with E-state index < -0.39 is 0 Å². The smallest absolute Gasteiger partial charge is 0.227 e. The zero-order valence-electron chi connectivity index (χ0n) is 15.9. The average molecular weight is 348 g/mol. The topological polar surface area (TPSA) is 61.7 Å². The monoisotopic (exact) mass is 348 g/mol. The largest absolute Gasteiger partial charge is 0.396 e. The maximum Gasteiger partial charge on any atom is 0.227 e. The zero-order valence-corrected chi connectivity index (χ0v) is 15.9. The number of methoxy groups -OCH3 is 1. The SMILES string of the molecule is COCC[C@]1(CO)CCCN(c2nc(N3CCCC3)nc(C)c2C)C1. The molecule has 140 valence electrons. The van der Waals surface area contributed by atoms with Crippen molar-refractivity contribution in [2.75, 3.05) is 56.3 Å². The van der Waals surface area contributed by atoms with E-state index in [-0.39, 0.29) is 12.0 Å². The van der Waals surface area contributed by atoms with Gasteiger partial charge in [0, 0.05) is 56.6 Å². The lowest BCUT2D eigenvalue weighted by atomic mass is 9.78. The molecule has 1 aromatic heterocycles. The van der Waals surface area contributed by atoms with Gasteiger partial charge in [0.2, 0.25) is 5.95 Å². The molecule has 1 aromatic rings. The number of rotatable bonds is 6. The summed E-state index contributed by atoms with van der Waals surface area (Å²) in [6, 6.07) is 0. The molecule has 0 aliphatic carbocycles. The fourth-order valence-corrected chi connectivity index (χ4v) is 4.09. The Labute approximate surface area is 151 Å². The zero-order chi connectivity index (χ0) is 17.9. The second-order valence-corrected chi connectivity index (χ2v) is 7.68. The standard InChI is InChI=1S/C19H32N4O2/c1-15-16(2)20-18(22-9-4-5-10-22)21-17(15)23-11-6-7-19(13-23,14-24)8-12-25-3/h24H,4-14H2,1-3H3/t19-/m1/s1. The van der Waals surface area contributed by atoms with Gasteiger partial charge in [0.05, 0.1) is 6.61 Å². The first-order chi connectivity index (χ1) is 12.1. The van der Waals surface area contributed by atoms with Crippen LogP contribution < -0.4 is 9.80 Å². The van der Waals surface area contributed by atoms with Crippen molar-refractivity contribution in [1.29, 1.82) is 0 Å². The van der Waals surface area contributed by atoms with Gasteiger partial charge in [-0.25, -0.2) is 4.98 Å². The highest BCUT2D eigenvalue weighted by atomic mass is 16.5. The molecule has 0 amide bonds. The van der Waals surface area contributed by atoms with Crippen molar-refractivity contribution in [3.63, 3.8) is 0 Å². The molecule has 0 saturated carbocycles. The molecule has 3 heterocycles. The summed E-state index contributed by atoms with van der Waals surface area (Å²) in [5.41, 5.74) is 2.13. The van der Waals surface area contributed by atoms with E-state index in [4.69, 9.17) is 14.7 Å². The predicted molar refractivity (Wildman–Crippen MR) is 100 cm³/mol. The van der Waals surface area contributed by atoms with E-state index in [1.54, 1.807) is 7.11 Å². The first kappa shape index (κ1) is 18.4. The van der Waals surface area contributed by atoms with Gasteiger partial charge < -0.3 is 19.6 Å². The van der Waals surface area contributed by atoms with Crippen LogP contribution in [0.25, 0.3) is 0 Å². The van der Waals surface area contributed by atoms with Gasteiger partial charge >= 0.3 is 0 Å². The molecule has 2 saturated heterocycles. The number of aliphatic hydroxyl groups is 1. The van der Waals surface area contributed by atoms with Crippen LogP contribution in [0.15, 0.2) is 0 Å². The Morgan fingerprint density at radius 3 is 2.48 bits per heavy atom. The van der Waals surface area contributed by atoms with E-state index in [2.05, 4.69) is 23.6 Å². The van der Waals surface area contributed by atoms with E-state index in [1.165, 1.54) is 12.8 Å². The van der Waals surface area contributed by atoms with Gasteiger partial charge in [-0.1, -0.05) is 0 Å². The van der Waals surface area contributed by atoms with E-state index >= 15 is 0 Å². The third-order valence-electron chi connectivity index (χ3n) is 5.87. The minimum atomic E-state index is -0.0899. The summed E-state index contributed by atoms with van der Waals surface area (Å²) in [6.45, 7) is 9.02. The second kappa shape index (κ2) is 7.87. The molecule has 25 heavy (non-hydrogen) atoms. The fraction of sp³-hybridized carbons (Fsp3) is 0.789. The van der Waals surface area contributed by atoms with Gasteiger partial charge in [-0.3, -0.25) is 0 Å². The van der Waals surface area contributed by atoms with Crippen molar-refractivity contribution in [2.24, 2.45) is 5.41 Å². The highest BCUT2D eigenvalue weighted by molar-refractivity contribution is 5.53. The van der Waals surface area contributed by atoms with Crippen LogP contribution in [0, 0.1) is 19.3 Å². The van der Waals surface area contributed by atoms with Crippen LogP contribution in [0.4, 0.5) is 11.8 Å². The molecular formula is C19H32N4O2. The number of piperidine rings is 1. The van der Waals surface area contributed by atoms with Gasteiger partial charge in [0.1, 0.15) is 5.82 Å². The summed E-state index contributed by atoms with van der Waals surface area (Å²) in [5.74, 6) is 1.91. The minimum Gasteiger partial charge on any atom is -0.396 e. The van der Waals surface area contributed by atoms with Crippen molar-refractivity contribution in [1.82, 2.24) is 9.97 Å². The van der Waals surface area contributed by atoms with Crippen molar-refractivity contribution < 1.29 is 9.84 Å². The van der Waals surface area contributed by atoms with Crippen LogP contribution in [0.2, 0.25) is 0 Å². The summed E-state index contributed by atoms with van der Waals surface area (Å²) < 4.78 is 5.28. The van der Waals surface area contributed by atoms with E-state index in [0.717, 1.165) is 68.5 Å². The van der Waals surface area contributed by atoms with Crippen LogP contribution in [-0.4, -0.2) is 61.6 Å². The molecule has 0 bridgehead atoms. The van der Waals surface area contributed by atoms with Crippen LogP contribution in [0.3, 0.4) is 0 Å². The summed E-state index contributed by atoms with van der Waals surface area (Å²) >= 11 is 0. The first-order valence-corrected chi connectivity index (χ1v) is 9.53. The van der Waals surface area contributed by atoms with Crippen molar-refractivity contribution >= 4 is 11.8 Å². The molecular weight excluding hydrogens is 316 g/mol. The van der Waals surface area contributed by atoms with Gasteiger partial charge in [0.15, 0.2) is 0 Å². The van der Waals surface area contributed by atoms with Gasteiger partial charge in [-0.05, 0) is 46.0 Å². The molecule has 6 heteroatoms. The van der Waals surface area contributed by atoms with Crippen LogP contribution in [0.1, 0.15) is 43.4 Å². The van der Waals surface area contributed by atoms with Crippen molar-refractivity contribution in [3.8, 4) is 0 Å². The predicted octanol–water partition coefficient (Wildman–Crippen LogP) is 2.31. The Morgan fingerprint density at radius 1 is 1.08 bits per heavy atom. The van der Waals surface area contributed by atoms with E-state index in [1.807, 2.05) is 0 Å². The molecule has 2 fully saturated rings. The second-order valence-electron chi connectivity index (χ2n) is 7.68. The highest BCUT2D eigenvalue weighted by Gasteiger charge is 2.36. The van der Waals surface area contributed by atoms with E-state index in [0.29, 0.717) is 6.61 Å². The number of hydrogen-bond donors (Lipinski definition) is 1. The molecule has 1 atom stereocenters. The molecule has 0 radical (unpaired) electrons. The highest BCUT2D eigenvalue weighted by Crippen LogP contribution is 2.36. The lowest BCUT2D eigenvalue weighted by molar-refractivity contribution is 0.0624. The number of ether oxygens (including phenoxy) is 1. The number of aliphatic hydroxyl groups excluding tert-OH is 1. The fourth-order valence-electron chi connectivity index (χ4n) is 4.09. The molecule has 0 aromatic carbocycles. The molecule has 3 rings (SSSR count). The normalized spacial score (nSPS) is 24.2.